The van der Waals surface area contributed by atoms with Crippen molar-refractivity contribution < 1.29 is 4.74 Å². The SMILES string of the molecule is Cc1ccc(Cl)cc1Oc1ccc(CCN)cc1. The summed E-state index contributed by atoms with van der Waals surface area (Å²) in [6.07, 6.45) is 0.885. The lowest BCUT2D eigenvalue weighted by molar-refractivity contribution is 0.479. The first-order chi connectivity index (χ1) is 8.69. The third-order valence-corrected chi connectivity index (χ3v) is 2.97. The van der Waals surface area contributed by atoms with E-state index in [4.69, 9.17) is 22.1 Å². The van der Waals surface area contributed by atoms with Crippen LogP contribution >= 0.6 is 11.6 Å². The molecule has 0 saturated carbocycles. The van der Waals surface area contributed by atoms with Crippen molar-refractivity contribution >= 4 is 11.6 Å². The number of hydrogen-bond donors (Lipinski definition) is 1. The van der Waals surface area contributed by atoms with Gasteiger partial charge in [0, 0.05) is 5.02 Å². The van der Waals surface area contributed by atoms with Gasteiger partial charge in [-0.25, -0.2) is 0 Å². The van der Waals surface area contributed by atoms with Crippen LogP contribution < -0.4 is 10.5 Å². The van der Waals surface area contributed by atoms with E-state index in [1.165, 1.54) is 5.56 Å². The van der Waals surface area contributed by atoms with Crippen LogP contribution in [-0.4, -0.2) is 6.54 Å². The second-order valence-corrected chi connectivity index (χ2v) is 4.63. The van der Waals surface area contributed by atoms with Crippen LogP contribution in [0.5, 0.6) is 11.5 Å². The molecular weight excluding hydrogens is 246 g/mol. The van der Waals surface area contributed by atoms with Gasteiger partial charge >= 0.3 is 0 Å². The molecule has 0 spiro atoms. The minimum atomic E-state index is 0.660. The van der Waals surface area contributed by atoms with Gasteiger partial charge in [0.1, 0.15) is 11.5 Å². The van der Waals surface area contributed by atoms with Crippen LogP contribution in [0, 0.1) is 6.92 Å². The van der Waals surface area contributed by atoms with Gasteiger partial charge in [-0.1, -0.05) is 29.8 Å². The number of aryl methyl sites for hydroxylation is 1. The number of halogens is 1. The van der Waals surface area contributed by atoms with Gasteiger partial charge < -0.3 is 10.5 Å². The molecule has 0 aliphatic rings. The fourth-order valence-corrected chi connectivity index (χ4v) is 1.86. The van der Waals surface area contributed by atoms with Crippen LogP contribution in [0.1, 0.15) is 11.1 Å². The maximum absolute atomic E-state index is 5.96. The minimum absolute atomic E-state index is 0.660. The quantitative estimate of drug-likeness (QED) is 0.905. The standard InChI is InChI=1S/C15H16ClNO/c1-11-2-5-13(16)10-15(11)18-14-6-3-12(4-7-14)8-9-17/h2-7,10H,8-9,17H2,1H3. The van der Waals surface area contributed by atoms with Gasteiger partial charge in [0.25, 0.3) is 0 Å². The van der Waals surface area contributed by atoms with E-state index in [2.05, 4.69) is 0 Å². The lowest BCUT2D eigenvalue weighted by atomic mass is 10.1. The number of ether oxygens (including phenoxy) is 1. The molecule has 0 unspecified atom stereocenters. The molecule has 18 heavy (non-hydrogen) atoms. The third-order valence-electron chi connectivity index (χ3n) is 2.73. The molecule has 2 aromatic carbocycles. The maximum atomic E-state index is 5.96. The molecule has 0 aliphatic carbocycles. The van der Waals surface area contributed by atoms with Crippen molar-refractivity contribution in [2.45, 2.75) is 13.3 Å². The van der Waals surface area contributed by atoms with Crippen LogP contribution in [0.2, 0.25) is 5.02 Å². The summed E-state index contributed by atoms with van der Waals surface area (Å²) < 4.78 is 5.81. The number of nitrogens with two attached hydrogens (primary N) is 1. The highest BCUT2D eigenvalue weighted by Crippen LogP contribution is 2.27. The van der Waals surface area contributed by atoms with Crippen LogP contribution in [0.4, 0.5) is 0 Å². The van der Waals surface area contributed by atoms with E-state index in [1.807, 2.05) is 49.4 Å². The maximum Gasteiger partial charge on any atom is 0.131 e. The zero-order valence-corrected chi connectivity index (χ0v) is 11.1. The molecule has 0 radical (unpaired) electrons. The summed E-state index contributed by atoms with van der Waals surface area (Å²) >= 11 is 5.96. The Morgan fingerprint density at radius 3 is 2.50 bits per heavy atom. The van der Waals surface area contributed by atoms with Gasteiger partial charge in [0.2, 0.25) is 0 Å². The summed E-state index contributed by atoms with van der Waals surface area (Å²) in [5, 5.41) is 0.676. The van der Waals surface area contributed by atoms with E-state index in [1.54, 1.807) is 0 Å². The molecule has 0 amide bonds. The van der Waals surface area contributed by atoms with Gasteiger partial charge in [0.05, 0.1) is 0 Å². The van der Waals surface area contributed by atoms with Crippen molar-refractivity contribution in [1.29, 1.82) is 0 Å². The molecule has 0 bridgehead atoms. The Kier molecular flexibility index (Phi) is 4.24. The smallest absolute Gasteiger partial charge is 0.131 e. The molecular formula is C15H16ClNO. The molecule has 2 rings (SSSR count). The molecule has 0 heterocycles. The topological polar surface area (TPSA) is 35.2 Å². The van der Waals surface area contributed by atoms with Crippen LogP contribution in [-0.2, 0) is 6.42 Å². The first-order valence-corrected chi connectivity index (χ1v) is 6.30. The molecule has 0 aliphatic heterocycles. The Morgan fingerprint density at radius 2 is 1.83 bits per heavy atom. The zero-order chi connectivity index (χ0) is 13.0. The number of rotatable bonds is 4. The summed E-state index contributed by atoms with van der Waals surface area (Å²) in [4.78, 5) is 0. The highest BCUT2D eigenvalue weighted by molar-refractivity contribution is 6.30. The molecule has 0 fully saturated rings. The number of benzene rings is 2. The highest BCUT2D eigenvalue weighted by Gasteiger charge is 2.02. The molecule has 2 nitrogen and oxygen atoms in total. The van der Waals surface area contributed by atoms with Crippen molar-refractivity contribution in [2.24, 2.45) is 5.73 Å². The first kappa shape index (κ1) is 12.9. The molecule has 0 saturated heterocycles. The van der Waals surface area contributed by atoms with Crippen LogP contribution in [0.25, 0.3) is 0 Å². The van der Waals surface area contributed by atoms with Crippen LogP contribution in [0.3, 0.4) is 0 Å². The molecule has 0 atom stereocenters. The fraction of sp³-hybridized carbons (Fsp3) is 0.200. The second-order valence-electron chi connectivity index (χ2n) is 4.19. The summed E-state index contributed by atoms with van der Waals surface area (Å²) in [5.74, 6) is 1.59. The van der Waals surface area contributed by atoms with Gasteiger partial charge in [-0.15, -0.1) is 0 Å². The van der Waals surface area contributed by atoms with E-state index in [0.717, 1.165) is 23.5 Å². The van der Waals surface area contributed by atoms with Gasteiger partial charge in [-0.05, 0) is 55.3 Å². The number of hydrogen-bond acceptors (Lipinski definition) is 2. The molecule has 2 N–H and O–H groups in total. The minimum Gasteiger partial charge on any atom is -0.457 e. The van der Waals surface area contributed by atoms with Gasteiger partial charge in [-0.2, -0.15) is 0 Å². The average Bonchev–Trinajstić information content (AvgIpc) is 2.37. The largest absolute Gasteiger partial charge is 0.457 e. The second kappa shape index (κ2) is 5.89. The van der Waals surface area contributed by atoms with Crippen molar-refractivity contribution in [3.05, 3.63) is 58.6 Å². The fourth-order valence-electron chi connectivity index (χ4n) is 1.70. The highest BCUT2D eigenvalue weighted by atomic mass is 35.5. The van der Waals surface area contributed by atoms with Gasteiger partial charge in [-0.3, -0.25) is 0 Å². The molecule has 3 heteroatoms. The van der Waals surface area contributed by atoms with E-state index in [0.29, 0.717) is 11.6 Å². The Balaban J connectivity index is 2.15. The Hall–Kier alpha value is -1.51. The first-order valence-electron chi connectivity index (χ1n) is 5.92. The molecule has 2 aromatic rings. The summed E-state index contributed by atoms with van der Waals surface area (Å²) in [6, 6.07) is 13.6. The lowest BCUT2D eigenvalue weighted by Gasteiger charge is -2.09. The average molecular weight is 262 g/mol. The predicted octanol–water partition coefficient (Wildman–Crippen LogP) is 3.94. The predicted molar refractivity (Wildman–Crippen MR) is 75.5 cm³/mol. The zero-order valence-electron chi connectivity index (χ0n) is 10.3. The normalized spacial score (nSPS) is 10.4. The van der Waals surface area contributed by atoms with Crippen molar-refractivity contribution in [3.8, 4) is 11.5 Å². The van der Waals surface area contributed by atoms with E-state index < -0.39 is 0 Å². The third kappa shape index (κ3) is 3.25. The Labute approximate surface area is 112 Å². The van der Waals surface area contributed by atoms with E-state index in [-0.39, 0.29) is 0 Å². The van der Waals surface area contributed by atoms with Crippen molar-refractivity contribution in [3.63, 3.8) is 0 Å². The van der Waals surface area contributed by atoms with E-state index >= 15 is 0 Å². The van der Waals surface area contributed by atoms with Crippen LogP contribution in [0.15, 0.2) is 42.5 Å². The molecule has 94 valence electrons. The van der Waals surface area contributed by atoms with Gasteiger partial charge in [0.15, 0.2) is 0 Å². The van der Waals surface area contributed by atoms with Crippen molar-refractivity contribution in [2.75, 3.05) is 6.54 Å². The summed E-state index contributed by atoms with van der Waals surface area (Å²) in [7, 11) is 0. The van der Waals surface area contributed by atoms with Crippen molar-refractivity contribution in [1.82, 2.24) is 0 Å². The monoisotopic (exact) mass is 261 g/mol. The summed E-state index contributed by atoms with van der Waals surface area (Å²) in [5.41, 5.74) is 7.79. The van der Waals surface area contributed by atoms with E-state index in [9.17, 15) is 0 Å². The Morgan fingerprint density at radius 1 is 1.11 bits per heavy atom. The molecule has 0 aromatic heterocycles. The lowest BCUT2D eigenvalue weighted by Crippen LogP contribution is -2.02. The summed E-state index contributed by atoms with van der Waals surface area (Å²) in [6.45, 7) is 2.65. The Bertz CT molecular complexity index is 523.